The summed E-state index contributed by atoms with van der Waals surface area (Å²) in [5, 5.41) is 7.92. The van der Waals surface area contributed by atoms with Crippen LogP contribution in [-0.4, -0.2) is 16.0 Å². The van der Waals surface area contributed by atoms with Crippen molar-refractivity contribution in [2.24, 2.45) is 0 Å². The van der Waals surface area contributed by atoms with Gasteiger partial charge in [0.05, 0.1) is 0 Å². The second kappa shape index (κ2) is 7.68. The molecule has 0 aliphatic heterocycles. The first kappa shape index (κ1) is 17.5. The van der Waals surface area contributed by atoms with Crippen LogP contribution in [0.1, 0.15) is 17.9 Å². The lowest BCUT2D eigenvalue weighted by Gasteiger charge is -2.06. The summed E-state index contributed by atoms with van der Waals surface area (Å²) in [5.74, 6) is 0.692. The van der Waals surface area contributed by atoms with E-state index in [1.165, 1.54) is 0 Å². The van der Waals surface area contributed by atoms with Gasteiger partial charge < -0.3 is 9.84 Å². The van der Waals surface area contributed by atoms with Crippen molar-refractivity contribution in [1.29, 1.82) is 0 Å². The Kier molecular flexibility index (Phi) is 5.36. The Hall–Kier alpha value is -2.37. The molecule has 3 rings (SSSR count). The maximum atomic E-state index is 12.0. The molecule has 0 unspecified atom stereocenters. The van der Waals surface area contributed by atoms with Crippen molar-refractivity contribution < 1.29 is 9.32 Å². The minimum absolute atomic E-state index is 0.151. The molecule has 0 atom stereocenters. The van der Waals surface area contributed by atoms with E-state index >= 15 is 0 Å². The molecule has 0 bridgehead atoms. The van der Waals surface area contributed by atoms with Crippen molar-refractivity contribution in [3.05, 3.63) is 64.0 Å². The highest BCUT2D eigenvalue weighted by molar-refractivity contribution is 6.31. The Balaban J connectivity index is 1.58. The molecule has 0 aliphatic rings. The third-order valence-corrected chi connectivity index (χ3v) is 4.21. The number of amides is 1. The lowest BCUT2D eigenvalue weighted by molar-refractivity contribution is -0.116. The van der Waals surface area contributed by atoms with Crippen LogP contribution in [0.3, 0.4) is 0 Å². The summed E-state index contributed by atoms with van der Waals surface area (Å²) in [5.41, 5.74) is 2.38. The predicted octanol–water partition coefficient (Wildman–Crippen LogP) is 4.92. The van der Waals surface area contributed by atoms with Crippen molar-refractivity contribution in [2.75, 3.05) is 5.32 Å². The van der Waals surface area contributed by atoms with Gasteiger partial charge in [0, 0.05) is 34.1 Å². The fourth-order valence-corrected chi connectivity index (χ4v) is 2.59. The standard InChI is InChI=1S/C18H15Cl2N3O2/c1-11-5-6-14(10-15(11)20)21-16(24)7-8-17-22-18(23-25-17)12-3-2-4-13(19)9-12/h2-6,9-10H,7-8H2,1H3,(H,21,24). The molecule has 1 aromatic heterocycles. The van der Waals surface area contributed by atoms with Gasteiger partial charge in [-0.25, -0.2) is 0 Å². The summed E-state index contributed by atoms with van der Waals surface area (Å²) in [6.45, 7) is 1.90. The first-order valence-electron chi connectivity index (χ1n) is 7.66. The van der Waals surface area contributed by atoms with Gasteiger partial charge in [-0.05, 0) is 36.8 Å². The zero-order valence-corrected chi connectivity index (χ0v) is 14.9. The molecule has 25 heavy (non-hydrogen) atoms. The number of nitrogens with one attached hydrogen (secondary N) is 1. The van der Waals surface area contributed by atoms with E-state index in [2.05, 4.69) is 15.5 Å². The van der Waals surface area contributed by atoms with Crippen LogP contribution >= 0.6 is 23.2 Å². The molecule has 0 fully saturated rings. The molecule has 1 N–H and O–H groups in total. The summed E-state index contributed by atoms with van der Waals surface area (Å²) in [7, 11) is 0. The number of aryl methyl sites for hydroxylation is 2. The fraction of sp³-hybridized carbons (Fsp3) is 0.167. The quantitative estimate of drug-likeness (QED) is 0.686. The van der Waals surface area contributed by atoms with E-state index in [4.69, 9.17) is 27.7 Å². The average molecular weight is 376 g/mol. The lowest BCUT2D eigenvalue weighted by Crippen LogP contribution is -2.12. The van der Waals surface area contributed by atoms with Gasteiger partial charge in [0.15, 0.2) is 0 Å². The number of rotatable bonds is 5. The lowest BCUT2D eigenvalue weighted by atomic mass is 10.2. The van der Waals surface area contributed by atoms with Crippen LogP contribution in [0.2, 0.25) is 10.0 Å². The Morgan fingerprint density at radius 1 is 1.20 bits per heavy atom. The highest BCUT2D eigenvalue weighted by atomic mass is 35.5. The summed E-state index contributed by atoms with van der Waals surface area (Å²) >= 11 is 12.0. The molecule has 7 heteroatoms. The Bertz CT molecular complexity index is 909. The van der Waals surface area contributed by atoms with Gasteiger partial charge in [-0.3, -0.25) is 4.79 Å². The molecule has 0 radical (unpaired) electrons. The number of aromatic nitrogens is 2. The van der Waals surface area contributed by atoms with Crippen molar-refractivity contribution >= 4 is 34.8 Å². The number of anilines is 1. The second-order valence-corrected chi connectivity index (χ2v) is 6.38. The molecular formula is C18H15Cl2N3O2. The summed E-state index contributed by atoms with van der Waals surface area (Å²) in [6.07, 6.45) is 0.571. The molecule has 0 aliphatic carbocycles. The number of benzene rings is 2. The van der Waals surface area contributed by atoms with E-state index in [0.29, 0.717) is 33.9 Å². The van der Waals surface area contributed by atoms with Crippen molar-refractivity contribution in [3.63, 3.8) is 0 Å². The third kappa shape index (κ3) is 4.59. The van der Waals surface area contributed by atoms with Gasteiger partial charge in [-0.15, -0.1) is 0 Å². The van der Waals surface area contributed by atoms with E-state index in [0.717, 1.165) is 11.1 Å². The Morgan fingerprint density at radius 2 is 2.04 bits per heavy atom. The first-order valence-corrected chi connectivity index (χ1v) is 8.41. The number of hydrogen-bond donors (Lipinski definition) is 1. The predicted molar refractivity (Wildman–Crippen MR) is 97.9 cm³/mol. The van der Waals surface area contributed by atoms with Crippen molar-refractivity contribution in [2.45, 2.75) is 19.8 Å². The van der Waals surface area contributed by atoms with E-state index in [9.17, 15) is 4.79 Å². The molecule has 1 amide bonds. The molecule has 128 valence electrons. The molecule has 2 aromatic carbocycles. The fourth-order valence-electron chi connectivity index (χ4n) is 2.22. The van der Waals surface area contributed by atoms with Gasteiger partial charge in [-0.1, -0.05) is 46.6 Å². The summed E-state index contributed by atoms with van der Waals surface area (Å²) in [4.78, 5) is 16.3. The molecule has 3 aromatic rings. The van der Waals surface area contributed by atoms with Crippen molar-refractivity contribution in [1.82, 2.24) is 10.1 Å². The van der Waals surface area contributed by atoms with Crippen molar-refractivity contribution in [3.8, 4) is 11.4 Å². The number of carbonyl (C=O) groups is 1. The average Bonchev–Trinajstić information content (AvgIpc) is 3.05. The number of hydrogen-bond acceptors (Lipinski definition) is 4. The largest absolute Gasteiger partial charge is 0.339 e. The van der Waals surface area contributed by atoms with Crippen LogP contribution in [0.15, 0.2) is 47.0 Å². The van der Waals surface area contributed by atoms with Crippen LogP contribution in [0.5, 0.6) is 0 Å². The summed E-state index contributed by atoms with van der Waals surface area (Å²) < 4.78 is 5.19. The first-order chi connectivity index (χ1) is 12.0. The van der Waals surface area contributed by atoms with Crippen LogP contribution < -0.4 is 5.32 Å². The van der Waals surface area contributed by atoms with E-state index in [1.54, 1.807) is 18.2 Å². The topological polar surface area (TPSA) is 68.0 Å². The molecule has 5 nitrogen and oxygen atoms in total. The zero-order chi connectivity index (χ0) is 17.8. The van der Waals surface area contributed by atoms with E-state index in [1.807, 2.05) is 31.2 Å². The second-order valence-electron chi connectivity index (χ2n) is 5.53. The summed E-state index contributed by atoms with van der Waals surface area (Å²) in [6, 6.07) is 12.6. The van der Waals surface area contributed by atoms with Crippen LogP contribution in [-0.2, 0) is 11.2 Å². The minimum Gasteiger partial charge on any atom is -0.339 e. The van der Waals surface area contributed by atoms with Gasteiger partial charge in [-0.2, -0.15) is 4.98 Å². The van der Waals surface area contributed by atoms with Gasteiger partial charge >= 0.3 is 0 Å². The Morgan fingerprint density at radius 3 is 2.80 bits per heavy atom. The normalized spacial score (nSPS) is 10.7. The van der Waals surface area contributed by atoms with E-state index in [-0.39, 0.29) is 12.3 Å². The van der Waals surface area contributed by atoms with Crippen LogP contribution in [0.4, 0.5) is 5.69 Å². The Labute approximate surface area is 155 Å². The maximum absolute atomic E-state index is 12.0. The van der Waals surface area contributed by atoms with Crippen LogP contribution in [0, 0.1) is 6.92 Å². The number of carbonyl (C=O) groups excluding carboxylic acids is 1. The van der Waals surface area contributed by atoms with Gasteiger partial charge in [0.2, 0.25) is 17.6 Å². The maximum Gasteiger partial charge on any atom is 0.227 e. The number of nitrogens with zero attached hydrogens (tertiary/aromatic N) is 2. The molecule has 1 heterocycles. The molecule has 0 saturated carbocycles. The number of halogens is 2. The monoisotopic (exact) mass is 375 g/mol. The molecule has 0 spiro atoms. The minimum atomic E-state index is -0.151. The smallest absolute Gasteiger partial charge is 0.227 e. The third-order valence-electron chi connectivity index (χ3n) is 3.57. The van der Waals surface area contributed by atoms with Gasteiger partial charge in [0.1, 0.15) is 0 Å². The van der Waals surface area contributed by atoms with Gasteiger partial charge in [0.25, 0.3) is 0 Å². The highest BCUT2D eigenvalue weighted by Gasteiger charge is 2.11. The highest BCUT2D eigenvalue weighted by Crippen LogP contribution is 2.21. The zero-order valence-electron chi connectivity index (χ0n) is 13.4. The van der Waals surface area contributed by atoms with Crippen LogP contribution in [0.25, 0.3) is 11.4 Å². The van der Waals surface area contributed by atoms with E-state index < -0.39 is 0 Å². The molecule has 0 saturated heterocycles. The SMILES string of the molecule is Cc1ccc(NC(=O)CCc2nc(-c3cccc(Cl)c3)no2)cc1Cl. The molecular weight excluding hydrogens is 361 g/mol.